The van der Waals surface area contributed by atoms with Crippen LogP contribution in [0.5, 0.6) is 0 Å². The van der Waals surface area contributed by atoms with Crippen LogP contribution in [0.2, 0.25) is 0 Å². The van der Waals surface area contributed by atoms with Crippen LogP contribution in [0.1, 0.15) is 49.9 Å². The van der Waals surface area contributed by atoms with Crippen LogP contribution in [0, 0.1) is 0 Å². The molecule has 1 aromatic rings. The molecule has 0 saturated heterocycles. The highest BCUT2D eigenvalue weighted by molar-refractivity contribution is 9.10. The number of benzene rings is 1. The molecule has 0 bridgehead atoms. The second kappa shape index (κ2) is 8.96. The third-order valence-electron chi connectivity index (χ3n) is 3.91. The van der Waals surface area contributed by atoms with Gasteiger partial charge < -0.3 is 10.1 Å². The van der Waals surface area contributed by atoms with Gasteiger partial charge in [-0.05, 0) is 60.8 Å². The molecule has 0 aliphatic heterocycles. The smallest absolute Gasteiger partial charge is 0.339 e. The summed E-state index contributed by atoms with van der Waals surface area (Å²) in [6.07, 6.45) is 4.05. The lowest BCUT2D eigenvalue weighted by Crippen LogP contribution is -2.36. The average molecular weight is 447 g/mol. The first-order valence-electron chi connectivity index (χ1n) is 8.47. The van der Waals surface area contributed by atoms with Gasteiger partial charge in [-0.25, -0.2) is 17.9 Å². The van der Waals surface area contributed by atoms with Gasteiger partial charge in [0.2, 0.25) is 10.0 Å². The minimum absolute atomic E-state index is 0.0447. The van der Waals surface area contributed by atoms with E-state index in [1.807, 2.05) is 0 Å². The Labute approximate surface area is 162 Å². The molecule has 7 nitrogen and oxygen atoms in total. The SMILES string of the molecule is CC(C)NS(=O)(=O)c1ccc(Br)c(C(=O)OCC(=O)NC2CCCC2)c1. The van der Waals surface area contributed by atoms with Gasteiger partial charge >= 0.3 is 5.97 Å². The van der Waals surface area contributed by atoms with Crippen LogP contribution in [-0.2, 0) is 19.6 Å². The maximum Gasteiger partial charge on any atom is 0.339 e. The van der Waals surface area contributed by atoms with Gasteiger partial charge in [0.1, 0.15) is 0 Å². The fraction of sp³-hybridized carbons (Fsp3) is 0.529. The number of sulfonamides is 1. The zero-order valence-electron chi connectivity index (χ0n) is 14.7. The van der Waals surface area contributed by atoms with Crippen molar-refractivity contribution < 1.29 is 22.7 Å². The van der Waals surface area contributed by atoms with Crippen LogP contribution in [0.3, 0.4) is 0 Å². The summed E-state index contributed by atoms with van der Waals surface area (Å²) in [6, 6.07) is 3.94. The highest BCUT2D eigenvalue weighted by atomic mass is 79.9. The minimum Gasteiger partial charge on any atom is -0.452 e. The second-order valence-corrected chi connectivity index (χ2v) is 9.11. The molecule has 1 fully saturated rings. The third kappa shape index (κ3) is 5.78. The number of hydrogen-bond acceptors (Lipinski definition) is 5. The molecule has 2 rings (SSSR count). The van der Waals surface area contributed by atoms with E-state index >= 15 is 0 Å². The molecule has 0 unspecified atom stereocenters. The number of rotatable bonds is 7. The zero-order chi connectivity index (χ0) is 19.3. The number of carbonyl (C=O) groups excluding carboxylic acids is 2. The fourth-order valence-electron chi connectivity index (χ4n) is 2.75. The van der Waals surface area contributed by atoms with E-state index in [4.69, 9.17) is 4.74 Å². The van der Waals surface area contributed by atoms with E-state index < -0.39 is 22.6 Å². The number of ether oxygens (including phenoxy) is 1. The highest BCUT2D eigenvalue weighted by Crippen LogP contribution is 2.22. The first-order valence-corrected chi connectivity index (χ1v) is 10.7. The Morgan fingerprint density at radius 2 is 1.92 bits per heavy atom. The molecule has 0 aromatic heterocycles. The number of carbonyl (C=O) groups is 2. The molecule has 26 heavy (non-hydrogen) atoms. The van der Waals surface area contributed by atoms with Crippen molar-refractivity contribution in [2.24, 2.45) is 0 Å². The van der Waals surface area contributed by atoms with E-state index in [9.17, 15) is 18.0 Å². The number of esters is 1. The summed E-state index contributed by atoms with van der Waals surface area (Å²) in [5.41, 5.74) is 0.0466. The largest absolute Gasteiger partial charge is 0.452 e. The summed E-state index contributed by atoms with van der Waals surface area (Å²) in [5.74, 6) is -1.12. The molecule has 1 aromatic carbocycles. The van der Waals surface area contributed by atoms with Crippen molar-refractivity contribution in [1.82, 2.24) is 10.0 Å². The van der Waals surface area contributed by atoms with Crippen molar-refractivity contribution in [1.29, 1.82) is 0 Å². The predicted octanol–water partition coefficient (Wildman–Crippen LogP) is 2.35. The van der Waals surface area contributed by atoms with Gasteiger partial charge in [-0.3, -0.25) is 4.79 Å². The Morgan fingerprint density at radius 3 is 2.54 bits per heavy atom. The van der Waals surface area contributed by atoms with Crippen LogP contribution in [0.15, 0.2) is 27.6 Å². The standard InChI is InChI=1S/C17H23BrN2O5S/c1-11(2)20-26(23,24)13-7-8-15(18)14(9-13)17(22)25-10-16(21)19-12-5-3-4-6-12/h7-9,11-12,20H,3-6,10H2,1-2H3,(H,19,21). The average Bonchev–Trinajstić information content (AvgIpc) is 3.04. The van der Waals surface area contributed by atoms with Gasteiger partial charge in [-0.2, -0.15) is 0 Å². The lowest BCUT2D eigenvalue weighted by atomic mass is 10.2. The van der Waals surface area contributed by atoms with Crippen LogP contribution >= 0.6 is 15.9 Å². The van der Waals surface area contributed by atoms with E-state index in [0.717, 1.165) is 25.7 Å². The lowest BCUT2D eigenvalue weighted by Gasteiger charge is -2.13. The Kier molecular flexibility index (Phi) is 7.19. The minimum atomic E-state index is -3.74. The van der Waals surface area contributed by atoms with Crippen LogP contribution in [0.25, 0.3) is 0 Å². The lowest BCUT2D eigenvalue weighted by molar-refractivity contribution is -0.124. The van der Waals surface area contributed by atoms with E-state index in [-0.39, 0.29) is 28.4 Å². The maximum absolute atomic E-state index is 12.3. The molecule has 9 heteroatoms. The summed E-state index contributed by atoms with van der Waals surface area (Å²) < 4.78 is 32.4. The summed E-state index contributed by atoms with van der Waals surface area (Å²) in [6.45, 7) is 3.01. The molecule has 1 aliphatic rings. The molecular weight excluding hydrogens is 424 g/mol. The fourth-order valence-corrected chi connectivity index (χ4v) is 4.44. The summed E-state index contributed by atoms with van der Waals surface area (Å²) >= 11 is 3.21. The van der Waals surface area contributed by atoms with Crippen molar-refractivity contribution in [3.8, 4) is 0 Å². The van der Waals surface area contributed by atoms with Crippen molar-refractivity contribution in [2.75, 3.05) is 6.61 Å². The highest BCUT2D eigenvalue weighted by Gasteiger charge is 2.22. The van der Waals surface area contributed by atoms with Crippen molar-refractivity contribution in [3.05, 3.63) is 28.2 Å². The van der Waals surface area contributed by atoms with Crippen molar-refractivity contribution in [3.63, 3.8) is 0 Å². The molecule has 0 heterocycles. The summed E-state index contributed by atoms with van der Waals surface area (Å²) in [4.78, 5) is 24.1. The van der Waals surface area contributed by atoms with Gasteiger partial charge in [0.25, 0.3) is 5.91 Å². The normalized spacial score (nSPS) is 15.2. The van der Waals surface area contributed by atoms with E-state index in [0.29, 0.717) is 4.47 Å². The summed E-state index contributed by atoms with van der Waals surface area (Å²) in [5, 5.41) is 2.82. The van der Waals surface area contributed by atoms with Crippen molar-refractivity contribution >= 4 is 37.8 Å². The number of nitrogens with one attached hydrogen (secondary N) is 2. The van der Waals surface area contributed by atoms with Crippen LogP contribution in [-0.4, -0.2) is 39.0 Å². The monoisotopic (exact) mass is 446 g/mol. The van der Waals surface area contributed by atoms with Gasteiger partial charge in [0, 0.05) is 16.6 Å². The molecule has 2 N–H and O–H groups in total. The number of amides is 1. The quantitative estimate of drug-likeness (QED) is 0.625. The maximum atomic E-state index is 12.3. The van der Waals surface area contributed by atoms with Crippen molar-refractivity contribution in [2.45, 2.75) is 56.5 Å². The number of hydrogen-bond donors (Lipinski definition) is 2. The first-order chi connectivity index (χ1) is 12.2. The zero-order valence-corrected chi connectivity index (χ0v) is 17.2. The molecule has 1 amide bonds. The molecule has 1 aliphatic carbocycles. The van der Waals surface area contributed by atoms with E-state index in [2.05, 4.69) is 26.0 Å². The molecular formula is C17H23BrN2O5S. The summed E-state index contributed by atoms with van der Waals surface area (Å²) in [7, 11) is -3.74. The van der Waals surface area contributed by atoms with Gasteiger partial charge in [-0.15, -0.1) is 0 Å². The van der Waals surface area contributed by atoms with Gasteiger partial charge in [0.15, 0.2) is 6.61 Å². The molecule has 1 saturated carbocycles. The third-order valence-corrected chi connectivity index (χ3v) is 6.26. The van der Waals surface area contributed by atoms with E-state index in [1.165, 1.54) is 18.2 Å². The Morgan fingerprint density at radius 1 is 1.27 bits per heavy atom. The first kappa shape index (κ1) is 20.9. The molecule has 0 spiro atoms. The molecule has 144 valence electrons. The van der Waals surface area contributed by atoms with Gasteiger partial charge in [0.05, 0.1) is 10.5 Å². The topological polar surface area (TPSA) is 102 Å². The van der Waals surface area contributed by atoms with Crippen LogP contribution < -0.4 is 10.0 Å². The molecule has 0 radical (unpaired) electrons. The second-order valence-electron chi connectivity index (χ2n) is 6.54. The Hall–Kier alpha value is -1.45. The van der Waals surface area contributed by atoms with Gasteiger partial charge in [-0.1, -0.05) is 12.8 Å². The predicted molar refractivity (Wildman–Crippen MR) is 100 cm³/mol. The van der Waals surface area contributed by atoms with Crippen LogP contribution in [0.4, 0.5) is 0 Å². The number of halogens is 1. The Bertz CT molecular complexity index is 773. The molecule has 0 atom stereocenters. The Balaban J connectivity index is 2.03. The van der Waals surface area contributed by atoms with E-state index in [1.54, 1.807) is 13.8 Å².